The molecule has 0 spiro atoms. The Morgan fingerprint density at radius 2 is 1.56 bits per heavy atom. The molecule has 186 valence electrons. The van der Waals surface area contributed by atoms with E-state index in [0.29, 0.717) is 29.8 Å². The highest BCUT2D eigenvalue weighted by molar-refractivity contribution is 6.08. The minimum Gasteiger partial charge on any atom is -0.469 e. The number of esters is 1. The van der Waals surface area contributed by atoms with Crippen LogP contribution in [0, 0.1) is 5.92 Å². The lowest BCUT2D eigenvalue weighted by Crippen LogP contribution is -2.49. The Balaban J connectivity index is 1.38. The fourth-order valence-corrected chi connectivity index (χ4v) is 4.21. The van der Waals surface area contributed by atoms with Gasteiger partial charge in [-0.05, 0) is 53.0 Å². The van der Waals surface area contributed by atoms with Crippen LogP contribution < -0.4 is 0 Å². The van der Waals surface area contributed by atoms with Crippen molar-refractivity contribution >= 4 is 17.3 Å². The monoisotopic (exact) mass is 493 g/mol. The molecule has 0 unspecified atom stereocenters. The molecule has 0 aromatic heterocycles. The number of likely N-dealkylation sites (tertiary alicyclic amines) is 1. The van der Waals surface area contributed by atoms with Crippen LogP contribution in [0.15, 0.2) is 78.9 Å². The van der Waals surface area contributed by atoms with Crippen LogP contribution in [0.3, 0.4) is 0 Å². The summed E-state index contributed by atoms with van der Waals surface area (Å²) in [6.07, 6.45) is -3.07. The molecule has 7 heteroatoms. The first kappa shape index (κ1) is 25.4. The number of carbonyl (C=O) groups is 2. The third-order valence-corrected chi connectivity index (χ3v) is 6.35. The van der Waals surface area contributed by atoms with Crippen LogP contribution in [0.25, 0.3) is 16.7 Å². The molecule has 0 bridgehead atoms. The topological polar surface area (TPSA) is 46.6 Å². The zero-order chi connectivity index (χ0) is 25.9. The van der Waals surface area contributed by atoms with Crippen molar-refractivity contribution in [3.63, 3.8) is 0 Å². The van der Waals surface area contributed by atoms with Crippen molar-refractivity contribution in [1.29, 1.82) is 0 Å². The second-order valence-corrected chi connectivity index (χ2v) is 8.96. The summed E-state index contributed by atoms with van der Waals surface area (Å²) in [5.41, 5.74) is 3.63. The molecule has 0 amide bonds. The van der Waals surface area contributed by atoms with Gasteiger partial charge in [0.05, 0.1) is 18.6 Å². The van der Waals surface area contributed by atoms with Crippen molar-refractivity contribution in [2.45, 2.75) is 19.6 Å². The highest BCUT2D eigenvalue weighted by Crippen LogP contribution is 2.31. The average molecular weight is 494 g/mol. The van der Waals surface area contributed by atoms with E-state index in [1.54, 1.807) is 25.1 Å². The predicted molar refractivity (Wildman–Crippen MR) is 132 cm³/mol. The van der Waals surface area contributed by atoms with E-state index in [2.05, 4.69) is 4.90 Å². The van der Waals surface area contributed by atoms with Gasteiger partial charge in [0, 0.05) is 25.2 Å². The highest BCUT2D eigenvalue weighted by Gasteiger charge is 2.33. The largest absolute Gasteiger partial charge is 0.469 e. The van der Waals surface area contributed by atoms with E-state index in [1.807, 2.05) is 36.4 Å². The highest BCUT2D eigenvalue weighted by atomic mass is 19.4. The molecule has 4 rings (SSSR count). The number of hydrogen-bond acceptors (Lipinski definition) is 4. The summed E-state index contributed by atoms with van der Waals surface area (Å²) in [5, 5.41) is 0. The van der Waals surface area contributed by atoms with Gasteiger partial charge in [0.15, 0.2) is 5.78 Å². The van der Waals surface area contributed by atoms with E-state index >= 15 is 0 Å². The molecular formula is C29H26F3NO3. The van der Waals surface area contributed by atoms with Gasteiger partial charge in [0.2, 0.25) is 0 Å². The summed E-state index contributed by atoms with van der Waals surface area (Å²) in [7, 11) is 1.41. The van der Waals surface area contributed by atoms with Gasteiger partial charge in [-0.3, -0.25) is 14.5 Å². The number of allylic oxidation sites excluding steroid dienone is 2. The van der Waals surface area contributed by atoms with Crippen LogP contribution in [-0.4, -0.2) is 36.9 Å². The van der Waals surface area contributed by atoms with Gasteiger partial charge >= 0.3 is 12.1 Å². The zero-order valence-electron chi connectivity index (χ0n) is 20.0. The van der Waals surface area contributed by atoms with Crippen LogP contribution >= 0.6 is 0 Å². The Kier molecular flexibility index (Phi) is 7.40. The molecule has 36 heavy (non-hydrogen) atoms. The van der Waals surface area contributed by atoms with Gasteiger partial charge in [-0.2, -0.15) is 13.2 Å². The van der Waals surface area contributed by atoms with Gasteiger partial charge < -0.3 is 4.74 Å². The molecule has 3 aromatic carbocycles. The summed E-state index contributed by atoms with van der Waals surface area (Å²) < 4.78 is 43.7. The number of carbonyl (C=O) groups excluding carboxylic acids is 2. The normalized spacial score (nSPS) is 14.9. The van der Waals surface area contributed by atoms with Gasteiger partial charge in [-0.25, -0.2) is 0 Å². The first-order chi connectivity index (χ1) is 17.1. The van der Waals surface area contributed by atoms with Gasteiger partial charge in [-0.15, -0.1) is 0 Å². The summed E-state index contributed by atoms with van der Waals surface area (Å²) in [6, 6.07) is 20.2. The Bertz CT molecular complexity index is 1270. The molecule has 0 saturated carbocycles. The number of benzene rings is 3. The first-order valence-electron chi connectivity index (χ1n) is 11.5. The number of ketones is 1. The number of halogens is 3. The molecule has 1 saturated heterocycles. The fraction of sp³-hybridized carbons (Fsp3) is 0.241. The number of nitrogens with zero attached hydrogens (tertiary/aromatic N) is 1. The molecule has 1 fully saturated rings. The Morgan fingerprint density at radius 3 is 2.14 bits per heavy atom. The summed E-state index contributed by atoms with van der Waals surface area (Å²) in [6.45, 7) is 3.79. The molecule has 0 atom stereocenters. The third-order valence-electron chi connectivity index (χ3n) is 6.35. The minimum absolute atomic E-state index is 0.0424. The van der Waals surface area contributed by atoms with Crippen molar-refractivity contribution in [3.8, 4) is 11.1 Å². The van der Waals surface area contributed by atoms with Crippen molar-refractivity contribution in [3.05, 3.63) is 101 Å². The van der Waals surface area contributed by atoms with E-state index < -0.39 is 11.7 Å². The summed E-state index contributed by atoms with van der Waals surface area (Å²) in [4.78, 5) is 26.4. The Morgan fingerprint density at radius 1 is 0.944 bits per heavy atom. The van der Waals surface area contributed by atoms with Crippen LogP contribution in [0.5, 0.6) is 0 Å². The number of rotatable bonds is 7. The van der Waals surface area contributed by atoms with Gasteiger partial charge in [0.1, 0.15) is 0 Å². The maximum atomic E-state index is 13.0. The molecule has 1 heterocycles. The Labute approximate surface area is 208 Å². The fourth-order valence-electron chi connectivity index (χ4n) is 4.21. The number of alkyl halides is 3. The van der Waals surface area contributed by atoms with E-state index in [9.17, 15) is 22.8 Å². The molecule has 1 aliphatic heterocycles. The second kappa shape index (κ2) is 10.5. The summed E-state index contributed by atoms with van der Waals surface area (Å²) in [5.74, 6) is -0.476. The molecule has 0 radical (unpaired) electrons. The molecule has 0 aliphatic carbocycles. The van der Waals surface area contributed by atoms with Crippen LogP contribution in [0.2, 0.25) is 0 Å². The van der Waals surface area contributed by atoms with Crippen LogP contribution in [0.1, 0.15) is 34.0 Å². The van der Waals surface area contributed by atoms with E-state index in [1.165, 1.54) is 19.3 Å². The minimum atomic E-state index is -4.43. The molecule has 0 N–H and O–H groups in total. The third kappa shape index (κ3) is 5.91. The molecule has 4 nitrogen and oxygen atoms in total. The van der Waals surface area contributed by atoms with Crippen molar-refractivity contribution in [2.24, 2.45) is 5.92 Å². The maximum absolute atomic E-state index is 13.0. The van der Waals surface area contributed by atoms with Crippen molar-refractivity contribution in [1.82, 2.24) is 4.90 Å². The first-order valence-corrected chi connectivity index (χ1v) is 11.5. The van der Waals surface area contributed by atoms with Crippen LogP contribution in [-0.2, 0) is 22.3 Å². The van der Waals surface area contributed by atoms with Crippen LogP contribution in [0.4, 0.5) is 13.2 Å². The van der Waals surface area contributed by atoms with E-state index in [-0.39, 0.29) is 17.7 Å². The SMILES string of the molecule is COC(=O)C1CN(Cc2ccc(-c3ccc(C(=O)C=C(C)c4cccc(C(F)(F)F)c4)cc3)cc2)C1. The zero-order valence-corrected chi connectivity index (χ0v) is 20.0. The standard InChI is InChI=1S/C29H26F3NO3/c1-19(24-4-3-5-26(15-24)29(30,31)32)14-27(34)23-12-10-22(11-13-23)21-8-6-20(7-9-21)16-33-17-25(18-33)28(35)36-2/h3-15,25H,16-18H2,1-2H3. The van der Waals surface area contributed by atoms with Gasteiger partial charge in [-0.1, -0.05) is 60.7 Å². The lowest BCUT2D eigenvalue weighted by Gasteiger charge is -2.37. The average Bonchev–Trinajstić information content (AvgIpc) is 2.85. The summed E-state index contributed by atoms with van der Waals surface area (Å²) >= 11 is 0. The van der Waals surface area contributed by atoms with Crippen molar-refractivity contribution in [2.75, 3.05) is 20.2 Å². The number of hydrogen-bond donors (Lipinski definition) is 0. The Hall–Kier alpha value is -3.71. The smallest absolute Gasteiger partial charge is 0.416 e. The maximum Gasteiger partial charge on any atom is 0.416 e. The molecular weight excluding hydrogens is 467 g/mol. The molecule has 1 aliphatic rings. The van der Waals surface area contributed by atoms with Gasteiger partial charge in [0.25, 0.3) is 0 Å². The van der Waals surface area contributed by atoms with E-state index in [4.69, 9.17) is 4.74 Å². The lowest BCUT2D eigenvalue weighted by atomic mass is 9.97. The number of methoxy groups -OCH3 is 1. The van der Waals surface area contributed by atoms with E-state index in [0.717, 1.165) is 35.4 Å². The molecule has 3 aromatic rings. The quantitative estimate of drug-likeness (QED) is 0.221. The predicted octanol–water partition coefficient (Wildman–Crippen LogP) is 6.26. The lowest BCUT2D eigenvalue weighted by molar-refractivity contribution is -0.151. The number of ether oxygens (including phenoxy) is 1. The van der Waals surface area contributed by atoms with Crippen molar-refractivity contribution < 1.29 is 27.5 Å². The second-order valence-electron chi connectivity index (χ2n) is 8.96.